The molecule has 11 nitrogen and oxygen atoms in total. The Hall–Kier alpha value is -3.39. The molecule has 0 unspecified atom stereocenters. The van der Waals surface area contributed by atoms with E-state index in [1.165, 1.54) is 0 Å². The molecule has 29 heavy (non-hydrogen) atoms. The molecule has 2 aromatic carbocycles. The highest BCUT2D eigenvalue weighted by Crippen LogP contribution is 2.30. The predicted molar refractivity (Wildman–Crippen MR) is 98.7 cm³/mol. The summed E-state index contributed by atoms with van der Waals surface area (Å²) in [5.74, 6) is 0. The molecule has 0 saturated heterocycles. The number of sulfonamides is 2. The van der Waals surface area contributed by atoms with Gasteiger partial charge in [0.1, 0.15) is 0 Å². The fourth-order valence-corrected chi connectivity index (χ4v) is 7.73. The first kappa shape index (κ1) is 21.9. The second-order valence-electron chi connectivity index (χ2n) is 5.02. The Bertz CT molecular complexity index is 1310. The van der Waals surface area contributed by atoms with Crippen LogP contribution in [-0.4, -0.2) is 34.4 Å². The zero-order valence-corrected chi connectivity index (χ0v) is 16.4. The molecule has 0 spiro atoms. The van der Waals surface area contributed by atoms with E-state index in [1.807, 2.05) is 0 Å². The van der Waals surface area contributed by atoms with Gasteiger partial charge in [-0.25, -0.2) is 31.3 Å². The zero-order chi connectivity index (χ0) is 21.9. The molecule has 0 aliphatic rings. The molecule has 0 N–H and O–H groups in total. The van der Waals surface area contributed by atoms with Crippen molar-refractivity contribution in [3.8, 4) is 0 Å². The Labute approximate surface area is 166 Å². The van der Waals surface area contributed by atoms with Gasteiger partial charge in [-0.15, -0.1) is 0 Å². The van der Waals surface area contributed by atoms with E-state index in [-0.39, 0.29) is 11.4 Å². The minimum Gasteiger partial charge on any atom is -0.238 e. The van der Waals surface area contributed by atoms with E-state index in [4.69, 9.17) is 13.1 Å². The smallest absolute Gasteiger partial charge is 0.238 e. The number of isocyanates is 1. The molecule has 0 saturated carbocycles. The van der Waals surface area contributed by atoms with Gasteiger partial charge in [0.2, 0.25) is 0 Å². The van der Waals surface area contributed by atoms with Gasteiger partial charge in [0.25, 0.3) is 26.1 Å². The third-order valence-electron chi connectivity index (χ3n) is 3.26. The summed E-state index contributed by atoms with van der Waals surface area (Å²) in [5.41, 5.74) is 0.0312. The van der Waals surface area contributed by atoms with E-state index in [2.05, 4.69) is 14.1 Å². The van der Waals surface area contributed by atoms with Crippen molar-refractivity contribution < 1.29 is 30.0 Å². The minimum absolute atomic E-state index is 0.0156. The van der Waals surface area contributed by atoms with Crippen molar-refractivity contribution in [2.75, 3.05) is 0 Å². The molecular formula is C15H8N4O7S3. The molecule has 14 heteroatoms. The first-order chi connectivity index (χ1) is 13.5. The molecular weight excluding hydrogens is 444 g/mol. The first-order valence-corrected chi connectivity index (χ1v) is 11.4. The molecule has 0 bridgehead atoms. The van der Waals surface area contributed by atoms with Crippen LogP contribution in [0.1, 0.15) is 0 Å². The maximum Gasteiger partial charge on any atom is 0.360 e. The Morgan fingerprint density at radius 1 is 0.724 bits per heavy atom. The minimum atomic E-state index is -5.58. The SMILES string of the molecule is [C-]#[N+]c1ccc(S(=O)(=O)N(S(=O)(=O)N=C=O)S(=O)(=O)c2ccc([N+]#[C-])cc2)cc1. The summed E-state index contributed by atoms with van der Waals surface area (Å²) in [6.07, 6.45) is 0.609. The summed E-state index contributed by atoms with van der Waals surface area (Å²) >= 11 is 0. The van der Waals surface area contributed by atoms with Crippen LogP contribution < -0.4 is 0 Å². The summed E-state index contributed by atoms with van der Waals surface area (Å²) in [6.45, 7) is 13.7. The topological polar surface area (TPSA) is 144 Å². The number of nitrogens with zero attached hydrogens (tertiary/aromatic N) is 4. The monoisotopic (exact) mass is 452 g/mol. The normalized spacial score (nSPS) is 11.8. The largest absolute Gasteiger partial charge is 0.360 e. The molecule has 0 heterocycles. The van der Waals surface area contributed by atoms with Crippen molar-refractivity contribution in [3.63, 3.8) is 0 Å². The fourth-order valence-electron chi connectivity index (χ4n) is 2.02. The quantitative estimate of drug-likeness (QED) is 0.369. The Kier molecular flexibility index (Phi) is 5.98. The van der Waals surface area contributed by atoms with Crippen LogP contribution in [0.5, 0.6) is 0 Å². The number of hydrogen-bond donors (Lipinski definition) is 0. The number of benzene rings is 2. The van der Waals surface area contributed by atoms with E-state index in [0.29, 0.717) is 6.08 Å². The molecule has 0 fully saturated rings. The molecule has 0 radical (unpaired) electrons. The lowest BCUT2D eigenvalue weighted by molar-refractivity contribution is 0.529. The Morgan fingerprint density at radius 2 is 1.07 bits per heavy atom. The van der Waals surface area contributed by atoms with Crippen molar-refractivity contribution in [1.82, 2.24) is 3.12 Å². The van der Waals surface area contributed by atoms with Crippen LogP contribution >= 0.6 is 0 Å². The third kappa shape index (κ3) is 4.22. The molecule has 0 aliphatic heterocycles. The number of hydrogen-bond acceptors (Lipinski definition) is 7. The first-order valence-electron chi connectivity index (χ1n) is 7.10. The summed E-state index contributed by atoms with van der Waals surface area (Å²) < 4.78 is 77.3. The van der Waals surface area contributed by atoms with Gasteiger partial charge in [0, 0.05) is 3.12 Å². The maximum absolute atomic E-state index is 12.8. The fraction of sp³-hybridized carbons (Fsp3) is 0. The molecule has 0 amide bonds. The molecule has 0 atom stereocenters. The van der Waals surface area contributed by atoms with E-state index in [0.717, 1.165) is 48.5 Å². The van der Waals surface area contributed by atoms with E-state index >= 15 is 0 Å². The zero-order valence-electron chi connectivity index (χ0n) is 14.0. The van der Waals surface area contributed by atoms with Crippen LogP contribution in [0, 0.1) is 13.1 Å². The highest BCUT2D eigenvalue weighted by molar-refractivity contribution is 8.17. The summed E-state index contributed by atoms with van der Waals surface area (Å²) in [6, 6.07) is 7.44. The van der Waals surface area contributed by atoms with Crippen LogP contribution in [0.4, 0.5) is 11.4 Å². The van der Waals surface area contributed by atoms with Gasteiger partial charge < -0.3 is 0 Å². The van der Waals surface area contributed by atoms with Crippen LogP contribution in [0.15, 0.2) is 62.7 Å². The average Bonchev–Trinajstić information content (AvgIpc) is 2.67. The van der Waals surface area contributed by atoms with Crippen molar-refractivity contribution in [2.24, 2.45) is 4.40 Å². The van der Waals surface area contributed by atoms with Crippen LogP contribution in [-0.2, 0) is 35.1 Å². The van der Waals surface area contributed by atoms with Crippen molar-refractivity contribution in [2.45, 2.75) is 9.79 Å². The third-order valence-corrected chi connectivity index (χ3v) is 9.95. The predicted octanol–water partition coefficient (Wildman–Crippen LogP) is 1.75. The van der Waals surface area contributed by atoms with E-state index in [1.54, 1.807) is 0 Å². The highest BCUT2D eigenvalue weighted by atomic mass is 32.3. The Morgan fingerprint density at radius 3 is 1.34 bits per heavy atom. The standard InChI is InChI=1S/C15H8N4O7S3/c1-16-12-3-7-14(8-4-12)27(21,22)19(29(25,26)18-11-20)28(23,24)15-9-5-13(17-2)6-10-15/h3-10H. The number of carbonyl (C=O) groups excluding carboxylic acids is 1. The van der Waals surface area contributed by atoms with Gasteiger partial charge in [0.05, 0.1) is 22.9 Å². The van der Waals surface area contributed by atoms with E-state index < -0.39 is 43.2 Å². The summed E-state index contributed by atoms with van der Waals surface area (Å²) in [7, 11) is -16.2. The Balaban J connectivity index is 2.80. The van der Waals surface area contributed by atoms with Gasteiger partial charge >= 0.3 is 10.2 Å². The van der Waals surface area contributed by atoms with E-state index in [9.17, 15) is 30.0 Å². The van der Waals surface area contributed by atoms with Gasteiger partial charge in [-0.05, 0) is 0 Å². The number of rotatable bonds is 6. The van der Waals surface area contributed by atoms with Crippen molar-refractivity contribution >= 4 is 47.7 Å². The second kappa shape index (κ2) is 7.92. The molecule has 0 aliphatic carbocycles. The molecule has 2 aromatic rings. The molecule has 148 valence electrons. The lowest BCUT2D eigenvalue weighted by Gasteiger charge is -2.19. The van der Waals surface area contributed by atoms with Crippen molar-refractivity contribution in [1.29, 1.82) is 0 Å². The summed E-state index contributed by atoms with van der Waals surface area (Å²) in [5, 5.41) is 0. The van der Waals surface area contributed by atoms with Gasteiger partial charge in [-0.2, -0.15) is 8.42 Å². The van der Waals surface area contributed by atoms with Gasteiger partial charge in [-0.3, -0.25) is 0 Å². The highest BCUT2D eigenvalue weighted by Gasteiger charge is 2.46. The van der Waals surface area contributed by atoms with Crippen LogP contribution in [0.2, 0.25) is 0 Å². The lowest BCUT2D eigenvalue weighted by Crippen LogP contribution is -2.40. The van der Waals surface area contributed by atoms with Gasteiger partial charge in [-0.1, -0.05) is 52.9 Å². The van der Waals surface area contributed by atoms with Crippen LogP contribution in [0.25, 0.3) is 9.69 Å². The maximum atomic E-state index is 12.8. The van der Waals surface area contributed by atoms with Crippen LogP contribution in [0.3, 0.4) is 0 Å². The lowest BCUT2D eigenvalue weighted by atomic mass is 10.3. The molecule has 2 rings (SSSR count). The van der Waals surface area contributed by atoms with Crippen molar-refractivity contribution in [3.05, 3.63) is 71.4 Å². The average molecular weight is 452 g/mol. The van der Waals surface area contributed by atoms with Gasteiger partial charge in [0.15, 0.2) is 11.4 Å². The molecule has 0 aromatic heterocycles. The second-order valence-corrected chi connectivity index (χ2v) is 10.7. The summed E-state index contributed by atoms with van der Waals surface area (Å²) in [4.78, 5) is 15.0.